The molecule has 0 saturated carbocycles. The minimum absolute atomic E-state index is 0.780. The van der Waals surface area contributed by atoms with Gasteiger partial charge in [-0.3, -0.25) is 0 Å². The lowest BCUT2D eigenvalue weighted by Crippen LogP contribution is -2.21. The van der Waals surface area contributed by atoms with Gasteiger partial charge in [-0.2, -0.15) is 0 Å². The van der Waals surface area contributed by atoms with Crippen molar-refractivity contribution in [2.45, 2.75) is 68.4 Å². The zero-order valence-corrected chi connectivity index (χ0v) is 26.0. The Morgan fingerprint density at radius 3 is 2.02 bits per heavy atom. The van der Waals surface area contributed by atoms with Gasteiger partial charge in [-0.25, -0.2) is 0 Å². The molecule has 0 spiro atoms. The molecule has 0 saturated heterocycles. The molecule has 1 heterocycles. The fourth-order valence-electron chi connectivity index (χ4n) is 4.27. The van der Waals surface area contributed by atoms with Crippen LogP contribution in [-0.2, 0) is 6.54 Å². The van der Waals surface area contributed by atoms with Gasteiger partial charge in [0.05, 0.1) is 0 Å². The lowest BCUT2D eigenvalue weighted by Gasteiger charge is -2.29. The molecule has 1 aliphatic heterocycles. The number of nitrogens with one attached hydrogen (secondary N) is 1. The van der Waals surface area contributed by atoms with Crippen LogP contribution in [0, 0.1) is 34.6 Å². The number of hydrogen-bond donors (Lipinski definition) is 1. The summed E-state index contributed by atoms with van der Waals surface area (Å²) in [6.45, 7) is 29.8. The molecule has 3 aromatic rings. The van der Waals surface area contributed by atoms with Crippen LogP contribution < -0.4 is 5.32 Å². The predicted octanol–water partition coefficient (Wildman–Crippen LogP) is 10.9. The average molecular weight is 533 g/mol. The van der Waals surface area contributed by atoms with Crippen LogP contribution in [0.25, 0.3) is 11.1 Å². The number of rotatable bonds is 7. The highest BCUT2D eigenvalue weighted by atomic mass is 15.1. The Kier molecular flexibility index (Phi) is 12.5. The molecule has 0 atom stereocenters. The zero-order valence-electron chi connectivity index (χ0n) is 26.0. The molecule has 2 heteroatoms. The van der Waals surface area contributed by atoms with Gasteiger partial charge in [0.15, 0.2) is 0 Å². The van der Waals surface area contributed by atoms with Crippen LogP contribution in [0.2, 0.25) is 0 Å². The second-order valence-electron chi connectivity index (χ2n) is 10.0. The van der Waals surface area contributed by atoms with Gasteiger partial charge in [0.25, 0.3) is 0 Å². The van der Waals surface area contributed by atoms with Gasteiger partial charge in [0.2, 0.25) is 0 Å². The van der Waals surface area contributed by atoms with Gasteiger partial charge in [0.1, 0.15) is 0 Å². The van der Waals surface area contributed by atoms with Crippen molar-refractivity contribution in [3.8, 4) is 11.1 Å². The minimum atomic E-state index is 0.780. The highest BCUT2D eigenvalue weighted by Gasteiger charge is 2.17. The molecule has 1 aliphatic rings. The lowest BCUT2D eigenvalue weighted by molar-refractivity contribution is 0.466. The van der Waals surface area contributed by atoms with Crippen LogP contribution in [-0.4, -0.2) is 4.90 Å². The van der Waals surface area contributed by atoms with E-state index >= 15 is 0 Å². The van der Waals surface area contributed by atoms with E-state index in [9.17, 15) is 0 Å². The maximum Gasteiger partial charge on any atom is 0.0476 e. The van der Waals surface area contributed by atoms with Crippen molar-refractivity contribution in [1.29, 1.82) is 0 Å². The number of nitrogens with zero attached hydrogens (tertiary/aromatic N) is 1. The molecule has 210 valence electrons. The van der Waals surface area contributed by atoms with Gasteiger partial charge >= 0.3 is 0 Å². The predicted molar refractivity (Wildman–Crippen MR) is 179 cm³/mol. The van der Waals surface area contributed by atoms with Crippen molar-refractivity contribution in [2.75, 3.05) is 5.32 Å². The third-order valence-corrected chi connectivity index (χ3v) is 7.08. The molecule has 0 amide bonds. The number of anilines is 1. The Morgan fingerprint density at radius 1 is 0.825 bits per heavy atom. The van der Waals surface area contributed by atoms with Gasteiger partial charge in [-0.1, -0.05) is 82.5 Å². The van der Waals surface area contributed by atoms with E-state index in [1.807, 2.05) is 19.9 Å². The van der Waals surface area contributed by atoms with E-state index in [1.54, 1.807) is 0 Å². The summed E-state index contributed by atoms with van der Waals surface area (Å²) in [4.78, 5) is 2.18. The van der Waals surface area contributed by atoms with E-state index in [4.69, 9.17) is 0 Å². The normalized spacial score (nSPS) is 11.9. The number of benzene rings is 3. The zero-order chi connectivity index (χ0) is 29.8. The molecule has 3 aromatic carbocycles. The van der Waals surface area contributed by atoms with Crippen molar-refractivity contribution in [3.05, 3.63) is 149 Å². The van der Waals surface area contributed by atoms with Crippen molar-refractivity contribution >= 4 is 5.69 Å². The molecule has 1 N–H and O–H groups in total. The van der Waals surface area contributed by atoms with E-state index in [0.29, 0.717) is 0 Å². The molecule has 2 nitrogen and oxygen atoms in total. The standard InChI is InChI=1S/C32H34N2.C4H8.C2H6/c1-21-10-13-28(17-24(21)4)20-34-16-8-9-31(27(34)7)26(6)33-30-15-12-23(3)32(19-30)29-14-11-22(2)25(5)18-29;1-3-4-2;1-2/h8-19,33H,6-7,20H2,1-5H3;3H,1,4H2,2H3;1-2H3. The summed E-state index contributed by atoms with van der Waals surface area (Å²) in [5.74, 6) is 0. The van der Waals surface area contributed by atoms with Crippen molar-refractivity contribution in [3.63, 3.8) is 0 Å². The molecular weight excluding hydrogens is 484 g/mol. The third kappa shape index (κ3) is 8.48. The largest absolute Gasteiger partial charge is 0.355 e. The molecule has 0 aromatic heterocycles. The Morgan fingerprint density at radius 2 is 1.43 bits per heavy atom. The highest BCUT2D eigenvalue weighted by molar-refractivity contribution is 5.73. The first-order chi connectivity index (χ1) is 19.1. The first-order valence-corrected chi connectivity index (χ1v) is 14.3. The molecule has 4 rings (SSSR count). The molecular formula is C38H48N2. The third-order valence-electron chi connectivity index (χ3n) is 7.08. The second-order valence-corrected chi connectivity index (χ2v) is 10.0. The summed E-state index contributed by atoms with van der Waals surface area (Å²) in [6, 6.07) is 19.8. The summed E-state index contributed by atoms with van der Waals surface area (Å²) in [6.07, 6.45) is 9.18. The average Bonchev–Trinajstić information content (AvgIpc) is 2.95. The van der Waals surface area contributed by atoms with Crippen molar-refractivity contribution in [2.24, 2.45) is 0 Å². The topological polar surface area (TPSA) is 15.3 Å². The van der Waals surface area contributed by atoms with E-state index in [0.717, 1.165) is 35.6 Å². The molecule has 0 radical (unpaired) electrons. The quantitative estimate of drug-likeness (QED) is 0.304. The van der Waals surface area contributed by atoms with Gasteiger partial charge < -0.3 is 10.2 Å². The SMILES string of the molecule is C=C(Nc1ccc(C)c(-c2ccc(C)c(C)c2)c1)C1=CC=CN(Cc2ccc(C)c(C)c2)C1=C.C=CCC.CC. The fraction of sp³-hybridized carbons (Fsp3) is 0.263. The van der Waals surface area contributed by atoms with Gasteiger partial charge in [0, 0.05) is 35.4 Å². The van der Waals surface area contributed by atoms with Crippen LogP contribution in [0.3, 0.4) is 0 Å². The Labute approximate surface area is 244 Å². The number of hydrogen-bond acceptors (Lipinski definition) is 2. The number of allylic oxidation sites excluding steroid dienone is 3. The first-order valence-electron chi connectivity index (χ1n) is 14.3. The summed E-state index contributed by atoms with van der Waals surface area (Å²) in [5, 5.41) is 3.52. The van der Waals surface area contributed by atoms with Crippen LogP contribution >= 0.6 is 0 Å². The Balaban J connectivity index is 0.000000858. The van der Waals surface area contributed by atoms with Crippen LogP contribution in [0.15, 0.2) is 116 Å². The summed E-state index contributed by atoms with van der Waals surface area (Å²) in [7, 11) is 0. The molecule has 0 fully saturated rings. The maximum absolute atomic E-state index is 4.38. The van der Waals surface area contributed by atoms with Crippen LogP contribution in [0.1, 0.15) is 60.6 Å². The first kappa shape index (κ1) is 32.2. The molecule has 0 unspecified atom stereocenters. The smallest absolute Gasteiger partial charge is 0.0476 e. The van der Waals surface area contributed by atoms with E-state index < -0.39 is 0 Å². The fourth-order valence-corrected chi connectivity index (χ4v) is 4.27. The maximum atomic E-state index is 4.38. The Bertz CT molecular complexity index is 1400. The van der Waals surface area contributed by atoms with E-state index in [-0.39, 0.29) is 0 Å². The van der Waals surface area contributed by atoms with Gasteiger partial charge in [-0.05, 0) is 110 Å². The molecule has 0 aliphatic carbocycles. The van der Waals surface area contributed by atoms with Crippen LogP contribution in [0.4, 0.5) is 5.69 Å². The lowest BCUT2D eigenvalue weighted by atomic mass is 9.96. The second kappa shape index (κ2) is 15.5. The van der Waals surface area contributed by atoms with Crippen molar-refractivity contribution in [1.82, 2.24) is 4.90 Å². The van der Waals surface area contributed by atoms with Crippen molar-refractivity contribution < 1.29 is 0 Å². The van der Waals surface area contributed by atoms with Gasteiger partial charge in [-0.15, -0.1) is 6.58 Å². The van der Waals surface area contributed by atoms with E-state index in [1.165, 1.54) is 44.5 Å². The minimum Gasteiger partial charge on any atom is -0.355 e. The monoisotopic (exact) mass is 532 g/mol. The van der Waals surface area contributed by atoms with Crippen LogP contribution in [0.5, 0.6) is 0 Å². The van der Waals surface area contributed by atoms with E-state index in [2.05, 4.69) is 144 Å². The highest BCUT2D eigenvalue weighted by Crippen LogP contribution is 2.31. The summed E-state index contributed by atoms with van der Waals surface area (Å²) in [5.41, 5.74) is 14.0. The summed E-state index contributed by atoms with van der Waals surface area (Å²) < 4.78 is 0. The number of aryl methyl sites for hydroxylation is 5. The summed E-state index contributed by atoms with van der Waals surface area (Å²) >= 11 is 0. The molecule has 40 heavy (non-hydrogen) atoms. The Hall–Kier alpha value is -4.04. The molecule has 0 bridgehead atoms.